The Kier molecular flexibility index (Phi) is 4.51. The van der Waals surface area contributed by atoms with E-state index < -0.39 is 0 Å². The lowest BCUT2D eigenvalue weighted by Gasteiger charge is -2.39. The van der Waals surface area contributed by atoms with Crippen LogP contribution in [0.5, 0.6) is 0 Å². The Hall–Kier alpha value is -0.740. The van der Waals surface area contributed by atoms with Gasteiger partial charge in [0, 0.05) is 42.4 Å². The number of hydrogen-bond acceptors (Lipinski definition) is 3. The molecule has 0 radical (unpaired) electrons. The molecule has 1 heterocycles. The summed E-state index contributed by atoms with van der Waals surface area (Å²) < 4.78 is 1.10. The lowest BCUT2D eigenvalue weighted by molar-refractivity contribution is 0.193. The lowest BCUT2D eigenvalue weighted by atomic mass is 10.1. The average Bonchev–Trinajstić information content (AvgIpc) is 2.38. The van der Waals surface area contributed by atoms with Crippen molar-refractivity contribution < 1.29 is 0 Å². The van der Waals surface area contributed by atoms with Gasteiger partial charge in [0.25, 0.3) is 0 Å². The molecular formula is C14H22BrN3. The van der Waals surface area contributed by atoms with Crippen molar-refractivity contribution in [1.82, 2.24) is 4.90 Å². The van der Waals surface area contributed by atoms with E-state index in [-0.39, 0.29) is 0 Å². The van der Waals surface area contributed by atoms with Gasteiger partial charge in [0.1, 0.15) is 0 Å². The van der Waals surface area contributed by atoms with E-state index in [0.717, 1.165) is 36.3 Å². The van der Waals surface area contributed by atoms with Crippen molar-refractivity contribution in [2.45, 2.75) is 26.3 Å². The van der Waals surface area contributed by atoms with Crippen molar-refractivity contribution in [2.75, 3.05) is 36.8 Å². The number of halogens is 1. The Morgan fingerprint density at radius 3 is 2.50 bits per heavy atom. The van der Waals surface area contributed by atoms with Crippen LogP contribution in [0, 0.1) is 0 Å². The summed E-state index contributed by atoms with van der Waals surface area (Å²) in [6, 6.07) is 6.76. The number of nitrogen functional groups attached to an aromatic ring is 1. The largest absolute Gasteiger partial charge is 0.399 e. The van der Waals surface area contributed by atoms with E-state index >= 15 is 0 Å². The monoisotopic (exact) mass is 311 g/mol. The molecule has 1 atom stereocenters. The normalized spacial score (nSPS) is 18.9. The van der Waals surface area contributed by atoms with Gasteiger partial charge in [-0.15, -0.1) is 0 Å². The number of piperazine rings is 1. The zero-order valence-electron chi connectivity index (χ0n) is 11.2. The van der Waals surface area contributed by atoms with Crippen LogP contribution in [0.4, 0.5) is 11.4 Å². The van der Waals surface area contributed by atoms with Crippen molar-refractivity contribution in [3.8, 4) is 0 Å². The van der Waals surface area contributed by atoms with Gasteiger partial charge in [-0.2, -0.15) is 0 Å². The Labute approximate surface area is 118 Å². The maximum atomic E-state index is 5.78. The third kappa shape index (κ3) is 2.98. The van der Waals surface area contributed by atoms with Gasteiger partial charge in [-0.3, -0.25) is 4.90 Å². The second-order valence-electron chi connectivity index (χ2n) is 4.99. The molecule has 1 fully saturated rings. The van der Waals surface area contributed by atoms with Gasteiger partial charge >= 0.3 is 0 Å². The van der Waals surface area contributed by atoms with E-state index in [1.165, 1.54) is 12.1 Å². The zero-order valence-corrected chi connectivity index (χ0v) is 12.8. The van der Waals surface area contributed by atoms with E-state index in [9.17, 15) is 0 Å². The van der Waals surface area contributed by atoms with Crippen LogP contribution in [-0.4, -0.2) is 37.1 Å². The molecule has 1 unspecified atom stereocenters. The molecule has 0 aliphatic carbocycles. The second-order valence-corrected chi connectivity index (χ2v) is 5.85. The summed E-state index contributed by atoms with van der Waals surface area (Å²) in [4.78, 5) is 5.00. The number of nitrogens with two attached hydrogens (primary N) is 1. The standard InChI is InChI=1S/C14H22BrN3/c1-3-11(2)17-6-8-18(9-7-17)14-5-4-12(16)10-13(14)15/h4-5,10-11H,3,6-9,16H2,1-2H3. The molecule has 4 heteroatoms. The van der Waals surface area contributed by atoms with Crippen molar-refractivity contribution in [2.24, 2.45) is 0 Å². The van der Waals surface area contributed by atoms with Crippen molar-refractivity contribution in [1.29, 1.82) is 0 Å². The molecule has 1 aliphatic rings. The molecule has 2 rings (SSSR count). The van der Waals surface area contributed by atoms with E-state index in [0.29, 0.717) is 6.04 Å². The second kappa shape index (κ2) is 5.93. The fourth-order valence-corrected chi connectivity index (χ4v) is 3.09. The minimum absolute atomic E-state index is 0.696. The summed E-state index contributed by atoms with van der Waals surface area (Å²) in [6.07, 6.45) is 1.23. The van der Waals surface area contributed by atoms with Crippen LogP contribution in [0.1, 0.15) is 20.3 Å². The molecule has 0 spiro atoms. The number of nitrogens with zero attached hydrogens (tertiary/aromatic N) is 2. The van der Waals surface area contributed by atoms with Gasteiger partial charge in [-0.25, -0.2) is 0 Å². The first-order valence-corrected chi connectivity index (χ1v) is 7.45. The molecule has 0 bridgehead atoms. The summed E-state index contributed by atoms with van der Waals surface area (Å²) in [7, 11) is 0. The highest BCUT2D eigenvalue weighted by Gasteiger charge is 2.21. The SMILES string of the molecule is CCC(C)N1CCN(c2ccc(N)cc2Br)CC1. The van der Waals surface area contributed by atoms with Crippen LogP contribution in [-0.2, 0) is 0 Å². The van der Waals surface area contributed by atoms with Crippen molar-refractivity contribution >= 4 is 27.3 Å². The summed E-state index contributed by atoms with van der Waals surface area (Å²) in [6.45, 7) is 9.04. The zero-order chi connectivity index (χ0) is 13.1. The molecule has 0 amide bonds. The number of hydrogen-bond donors (Lipinski definition) is 1. The lowest BCUT2D eigenvalue weighted by Crippen LogP contribution is -2.49. The van der Waals surface area contributed by atoms with Crippen LogP contribution >= 0.6 is 15.9 Å². The van der Waals surface area contributed by atoms with Crippen LogP contribution < -0.4 is 10.6 Å². The summed E-state index contributed by atoms with van der Waals surface area (Å²) >= 11 is 3.61. The highest BCUT2D eigenvalue weighted by atomic mass is 79.9. The molecule has 1 aromatic rings. The van der Waals surface area contributed by atoms with E-state index in [1.54, 1.807) is 0 Å². The van der Waals surface area contributed by atoms with Crippen molar-refractivity contribution in [3.63, 3.8) is 0 Å². The first kappa shape index (κ1) is 13.7. The van der Waals surface area contributed by atoms with Gasteiger partial charge in [0.15, 0.2) is 0 Å². The minimum atomic E-state index is 0.696. The maximum Gasteiger partial charge on any atom is 0.0513 e. The fourth-order valence-electron chi connectivity index (χ4n) is 2.44. The van der Waals surface area contributed by atoms with E-state index in [1.807, 2.05) is 12.1 Å². The Morgan fingerprint density at radius 2 is 1.94 bits per heavy atom. The first-order valence-electron chi connectivity index (χ1n) is 6.66. The topological polar surface area (TPSA) is 32.5 Å². The van der Waals surface area contributed by atoms with Gasteiger partial charge in [-0.05, 0) is 47.5 Å². The highest BCUT2D eigenvalue weighted by molar-refractivity contribution is 9.10. The predicted octanol–water partition coefficient (Wildman–Crippen LogP) is 2.95. The summed E-state index contributed by atoms with van der Waals surface area (Å²) in [5.41, 5.74) is 7.85. The molecule has 3 nitrogen and oxygen atoms in total. The summed E-state index contributed by atoms with van der Waals surface area (Å²) in [5.74, 6) is 0. The van der Waals surface area contributed by atoms with Crippen LogP contribution in [0.25, 0.3) is 0 Å². The maximum absolute atomic E-state index is 5.78. The van der Waals surface area contributed by atoms with Gasteiger partial charge in [0.05, 0.1) is 5.69 Å². The van der Waals surface area contributed by atoms with E-state index in [4.69, 9.17) is 5.73 Å². The Balaban J connectivity index is 2.01. The summed E-state index contributed by atoms with van der Waals surface area (Å²) in [5, 5.41) is 0. The molecule has 100 valence electrons. The molecular weight excluding hydrogens is 290 g/mol. The molecule has 0 aromatic heterocycles. The van der Waals surface area contributed by atoms with Crippen LogP contribution in [0.2, 0.25) is 0 Å². The minimum Gasteiger partial charge on any atom is -0.399 e. The molecule has 0 saturated carbocycles. The number of anilines is 2. The van der Waals surface area contributed by atoms with Crippen LogP contribution in [0.15, 0.2) is 22.7 Å². The molecule has 1 aliphatic heterocycles. The number of rotatable bonds is 3. The Morgan fingerprint density at radius 1 is 1.28 bits per heavy atom. The third-order valence-corrected chi connectivity index (χ3v) is 4.48. The van der Waals surface area contributed by atoms with Crippen molar-refractivity contribution in [3.05, 3.63) is 22.7 Å². The number of benzene rings is 1. The highest BCUT2D eigenvalue weighted by Crippen LogP contribution is 2.29. The van der Waals surface area contributed by atoms with Gasteiger partial charge < -0.3 is 10.6 Å². The van der Waals surface area contributed by atoms with Crippen LogP contribution in [0.3, 0.4) is 0 Å². The Bertz CT molecular complexity index is 400. The predicted molar refractivity (Wildman–Crippen MR) is 82.1 cm³/mol. The average molecular weight is 312 g/mol. The quantitative estimate of drug-likeness (QED) is 0.871. The molecule has 1 saturated heterocycles. The third-order valence-electron chi connectivity index (χ3n) is 3.84. The smallest absolute Gasteiger partial charge is 0.0513 e. The molecule has 2 N–H and O–H groups in total. The fraction of sp³-hybridized carbons (Fsp3) is 0.571. The van der Waals surface area contributed by atoms with E-state index in [2.05, 4.69) is 45.6 Å². The van der Waals surface area contributed by atoms with Gasteiger partial charge in [-0.1, -0.05) is 6.92 Å². The van der Waals surface area contributed by atoms with Gasteiger partial charge in [0.2, 0.25) is 0 Å². The molecule has 1 aromatic carbocycles. The molecule has 18 heavy (non-hydrogen) atoms. The first-order chi connectivity index (χ1) is 8.61.